The summed E-state index contributed by atoms with van der Waals surface area (Å²) < 4.78 is 0.760. The van der Waals surface area contributed by atoms with Crippen molar-refractivity contribution < 1.29 is 4.79 Å². The van der Waals surface area contributed by atoms with Crippen LogP contribution in [0.5, 0.6) is 0 Å². The van der Waals surface area contributed by atoms with Crippen molar-refractivity contribution in [3.8, 4) is 0 Å². The maximum absolute atomic E-state index is 12.3. The van der Waals surface area contributed by atoms with Crippen LogP contribution >= 0.6 is 27.5 Å². The highest BCUT2D eigenvalue weighted by atomic mass is 79.9. The summed E-state index contributed by atoms with van der Waals surface area (Å²) in [4.78, 5) is 18.7. The van der Waals surface area contributed by atoms with Crippen LogP contribution in [0.25, 0.3) is 0 Å². The summed E-state index contributed by atoms with van der Waals surface area (Å²) in [5.41, 5.74) is 0.437. The minimum atomic E-state index is -0.127. The van der Waals surface area contributed by atoms with E-state index in [1.165, 1.54) is 12.8 Å². The zero-order chi connectivity index (χ0) is 13.4. The van der Waals surface area contributed by atoms with Crippen molar-refractivity contribution >= 4 is 33.4 Å². The molecule has 0 aromatic carbocycles. The SMILES string of the molecule is O=C(NC1CCN2CCCC12)c1cc(Br)cnc1Cl. The number of nitrogens with one attached hydrogen (secondary N) is 1. The smallest absolute Gasteiger partial charge is 0.254 e. The first-order chi connectivity index (χ1) is 9.15. The molecule has 1 aromatic rings. The highest BCUT2D eigenvalue weighted by Crippen LogP contribution is 2.28. The quantitative estimate of drug-likeness (QED) is 0.838. The monoisotopic (exact) mass is 343 g/mol. The van der Waals surface area contributed by atoms with Crippen LogP contribution in [0, 0.1) is 0 Å². The number of carbonyl (C=O) groups is 1. The summed E-state index contributed by atoms with van der Waals surface area (Å²) in [6, 6.07) is 2.46. The molecule has 2 unspecified atom stereocenters. The van der Waals surface area contributed by atoms with Crippen LogP contribution in [0.1, 0.15) is 29.6 Å². The van der Waals surface area contributed by atoms with E-state index < -0.39 is 0 Å². The van der Waals surface area contributed by atoms with Gasteiger partial charge in [0.15, 0.2) is 0 Å². The normalized spacial score (nSPS) is 26.4. The van der Waals surface area contributed by atoms with Gasteiger partial charge in [-0.2, -0.15) is 0 Å². The van der Waals surface area contributed by atoms with Gasteiger partial charge in [-0.15, -0.1) is 0 Å². The Bertz CT molecular complexity index is 511. The van der Waals surface area contributed by atoms with Crippen LogP contribution < -0.4 is 5.32 Å². The Morgan fingerprint density at radius 3 is 3.16 bits per heavy atom. The molecule has 0 radical (unpaired) electrons. The summed E-state index contributed by atoms with van der Waals surface area (Å²) in [6.45, 7) is 2.25. The first-order valence-electron chi connectivity index (χ1n) is 6.51. The standard InChI is InChI=1S/C13H15BrClN3O/c14-8-6-9(12(15)16-7-8)13(19)17-10-3-5-18-4-1-2-11(10)18/h6-7,10-11H,1-5H2,(H,17,19). The van der Waals surface area contributed by atoms with Crippen LogP contribution in [-0.4, -0.2) is 41.0 Å². The number of fused-ring (bicyclic) bond motifs is 1. The van der Waals surface area contributed by atoms with Crippen LogP contribution in [0.2, 0.25) is 5.15 Å². The Kier molecular flexibility index (Phi) is 3.78. The fraction of sp³-hybridized carbons (Fsp3) is 0.538. The third-order valence-corrected chi connectivity index (χ3v) is 4.71. The predicted octanol–water partition coefficient (Wildman–Crippen LogP) is 2.46. The molecule has 102 valence electrons. The number of rotatable bonds is 2. The van der Waals surface area contributed by atoms with Crippen molar-refractivity contribution in [2.75, 3.05) is 13.1 Å². The molecule has 19 heavy (non-hydrogen) atoms. The van der Waals surface area contributed by atoms with Crippen molar-refractivity contribution in [1.29, 1.82) is 0 Å². The molecule has 4 nitrogen and oxygen atoms in total. The first kappa shape index (κ1) is 13.3. The van der Waals surface area contributed by atoms with E-state index in [0.717, 1.165) is 24.0 Å². The van der Waals surface area contributed by atoms with Crippen molar-refractivity contribution in [2.24, 2.45) is 0 Å². The molecule has 1 aromatic heterocycles. The number of halogens is 2. The predicted molar refractivity (Wildman–Crippen MR) is 77.4 cm³/mol. The average molecular weight is 345 g/mol. The zero-order valence-corrected chi connectivity index (χ0v) is 12.7. The number of nitrogens with zero attached hydrogens (tertiary/aromatic N) is 2. The van der Waals surface area contributed by atoms with E-state index in [1.807, 2.05) is 0 Å². The molecule has 1 amide bonds. The molecule has 2 aliphatic rings. The van der Waals surface area contributed by atoms with E-state index in [0.29, 0.717) is 11.6 Å². The second kappa shape index (κ2) is 5.38. The van der Waals surface area contributed by atoms with Crippen LogP contribution in [0.15, 0.2) is 16.7 Å². The van der Waals surface area contributed by atoms with Gasteiger partial charge in [0.25, 0.3) is 5.91 Å². The van der Waals surface area contributed by atoms with Crippen LogP contribution in [-0.2, 0) is 0 Å². The minimum absolute atomic E-state index is 0.127. The molecular formula is C13H15BrClN3O. The molecule has 2 fully saturated rings. The number of hydrogen-bond acceptors (Lipinski definition) is 3. The fourth-order valence-electron chi connectivity index (χ4n) is 3.08. The third-order valence-electron chi connectivity index (χ3n) is 3.97. The number of amides is 1. The van der Waals surface area contributed by atoms with E-state index in [-0.39, 0.29) is 17.1 Å². The lowest BCUT2D eigenvalue weighted by atomic mass is 10.1. The lowest BCUT2D eigenvalue weighted by Crippen LogP contribution is -2.42. The molecule has 2 atom stereocenters. The number of aromatic nitrogens is 1. The highest BCUT2D eigenvalue weighted by Gasteiger charge is 2.38. The van der Waals surface area contributed by atoms with Crippen LogP contribution in [0.3, 0.4) is 0 Å². The van der Waals surface area contributed by atoms with Gasteiger partial charge in [0.05, 0.1) is 5.56 Å². The molecule has 0 bridgehead atoms. The average Bonchev–Trinajstić information content (AvgIpc) is 2.97. The van der Waals surface area contributed by atoms with Gasteiger partial charge in [0.1, 0.15) is 5.15 Å². The van der Waals surface area contributed by atoms with E-state index >= 15 is 0 Å². The van der Waals surface area contributed by atoms with Gasteiger partial charge >= 0.3 is 0 Å². The maximum Gasteiger partial charge on any atom is 0.254 e. The summed E-state index contributed by atoms with van der Waals surface area (Å²) in [6.07, 6.45) is 5.02. The third kappa shape index (κ3) is 2.64. The molecule has 3 rings (SSSR count). The van der Waals surface area contributed by atoms with Gasteiger partial charge in [-0.3, -0.25) is 9.69 Å². The molecule has 2 saturated heterocycles. The topological polar surface area (TPSA) is 45.2 Å². The Balaban J connectivity index is 1.73. The fourth-order valence-corrected chi connectivity index (χ4v) is 3.60. The Labute approximate surface area is 125 Å². The van der Waals surface area contributed by atoms with E-state index in [9.17, 15) is 4.79 Å². The summed E-state index contributed by atoms with van der Waals surface area (Å²) in [5.74, 6) is -0.127. The summed E-state index contributed by atoms with van der Waals surface area (Å²) >= 11 is 9.30. The summed E-state index contributed by atoms with van der Waals surface area (Å²) in [7, 11) is 0. The van der Waals surface area contributed by atoms with Gasteiger partial charge in [-0.25, -0.2) is 4.98 Å². The number of hydrogen-bond donors (Lipinski definition) is 1. The lowest BCUT2D eigenvalue weighted by molar-refractivity contribution is 0.0929. The molecule has 0 spiro atoms. The molecule has 6 heteroatoms. The lowest BCUT2D eigenvalue weighted by Gasteiger charge is -2.21. The number of carbonyl (C=O) groups excluding carboxylic acids is 1. The number of pyridine rings is 1. The second-order valence-electron chi connectivity index (χ2n) is 5.11. The van der Waals surface area contributed by atoms with Gasteiger partial charge < -0.3 is 5.32 Å². The van der Waals surface area contributed by atoms with E-state index in [1.54, 1.807) is 12.3 Å². The second-order valence-corrected chi connectivity index (χ2v) is 6.38. The molecule has 3 heterocycles. The maximum atomic E-state index is 12.3. The Morgan fingerprint density at radius 2 is 2.32 bits per heavy atom. The molecule has 2 aliphatic heterocycles. The van der Waals surface area contributed by atoms with Crippen molar-refractivity contribution in [3.05, 3.63) is 27.5 Å². The van der Waals surface area contributed by atoms with Gasteiger partial charge in [0.2, 0.25) is 0 Å². The van der Waals surface area contributed by atoms with Gasteiger partial charge in [0, 0.05) is 29.3 Å². The van der Waals surface area contributed by atoms with Crippen molar-refractivity contribution in [2.45, 2.75) is 31.3 Å². The molecule has 0 aliphatic carbocycles. The minimum Gasteiger partial charge on any atom is -0.348 e. The van der Waals surface area contributed by atoms with E-state index in [4.69, 9.17) is 11.6 Å². The molecule has 0 saturated carbocycles. The first-order valence-corrected chi connectivity index (χ1v) is 7.68. The van der Waals surface area contributed by atoms with Gasteiger partial charge in [-0.05, 0) is 47.8 Å². The summed E-state index contributed by atoms with van der Waals surface area (Å²) in [5, 5.41) is 3.36. The largest absolute Gasteiger partial charge is 0.348 e. The molecular weight excluding hydrogens is 330 g/mol. The van der Waals surface area contributed by atoms with Crippen LogP contribution in [0.4, 0.5) is 0 Å². The zero-order valence-electron chi connectivity index (χ0n) is 10.4. The molecule has 1 N–H and O–H groups in total. The van der Waals surface area contributed by atoms with E-state index in [2.05, 4.69) is 31.1 Å². The van der Waals surface area contributed by atoms with Gasteiger partial charge in [-0.1, -0.05) is 11.6 Å². The Morgan fingerprint density at radius 1 is 1.47 bits per heavy atom. The van der Waals surface area contributed by atoms with Crippen molar-refractivity contribution in [3.63, 3.8) is 0 Å². The Hall–Kier alpha value is -0.650. The highest BCUT2D eigenvalue weighted by molar-refractivity contribution is 9.10. The van der Waals surface area contributed by atoms with Crippen molar-refractivity contribution in [1.82, 2.24) is 15.2 Å².